The molecule has 204 valence electrons. The van der Waals surface area contributed by atoms with Crippen LogP contribution in [0.3, 0.4) is 0 Å². The van der Waals surface area contributed by atoms with Crippen LogP contribution in [-0.2, 0) is 15.2 Å². The average Bonchev–Trinajstić information content (AvgIpc) is 3.39. The molecule has 8 nitrogen and oxygen atoms in total. The summed E-state index contributed by atoms with van der Waals surface area (Å²) in [6, 6.07) is 19.7. The number of benzene rings is 2. The second-order valence-electron chi connectivity index (χ2n) is 10.7. The third-order valence-corrected chi connectivity index (χ3v) is 7.55. The van der Waals surface area contributed by atoms with Gasteiger partial charge in [-0.2, -0.15) is 0 Å². The number of para-hydroxylation sites is 1. The normalized spacial score (nSPS) is 14.1. The van der Waals surface area contributed by atoms with E-state index in [0.717, 1.165) is 57.4 Å². The number of esters is 1. The Labute approximate surface area is 237 Å². The van der Waals surface area contributed by atoms with E-state index in [-0.39, 0.29) is 5.97 Å². The lowest BCUT2D eigenvalue weighted by molar-refractivity contribution is 0.00695. The van der Waals surface area contributed by atoms with Crippen LogP contribution < -0.4 is 4.90 Å². The zero-order valence-corrected chi connectivity index (χ0v) is 23.6. The number of thioether (sulfide) groups is 1. The number of pyridine rings is 1. The fraction of sp³-hybridized carbons (Fsp3) is 0.290. The molecule has 0 unspecified atom stereocenters. The van der Waals surface area contributed by atoms with E-state index >= 15 is 0 Å². The Balaban J connectivity index is 1.32. The van der Waals surface area contributed by atoms with Crippen molar-refractivity contribution in [2.75, 3.05) is 31.2 Å². The van der Waals surface area contributed by atoms with E-state index in [2.05, 4.69) is 33.7 Å². The molecule has 0 spiro atoms. The van der Waals surface area contributed by atoms with E-state index in [4.69, 9.17) is 24.4 Å². The first-order chi connectivity index (χ1) is 19.3. The van der Waals surface area contributed by atoms with Crippen LogP contribution >= 0.6 is 11.8 Å². The maximum atomic E-state index is 12.5. The molecule has 0 N–H and O–H groups in total. The van der Waals surface area contributed by atoms with E-state index in [1.165, 1.54) is 0 Å². The van der Waals surface area contributed by atoms with Gasteiger partial charge in [0.2, 0.25) is 0 Å². The van der Waals surface area contributed by atoms with Crippen LogP contribution in [0.5, 0.6) is 0 Å². The van der Waals surface area contributed by atoms with Crippen molar-refractivity contribution in [2.45, 2.75) is 37.2 Å². The number of fused-ring (bicyclic) bond motifs is 2. The molecule has 4 heterocycles. The van der Waals surface area contributed by atoms with Crippen molar-refractivity contribution >= 4 is 40.1 Å². The Kier molecular flexibility index (Phi) is 7.16. The van der Waals surface area contributed by atoms with E-state index < -0.39 is 5.60 Å². The number of imidazole rings is 1. The lowest BCUT2D eigenvalue weighted by atomic mass is 10.1. The van der Waals surface area contributed by atoms with Gasteiger partial charge in [0.1, 0.15) is 5.60 Å². The molecule has 1 fully saturated rings. The number of anilines is 1. The molecule has 0 bridgehead atoms. The highest BCUT2D eigenvalue weighted by Crippen LogP contribution is 2.30. The number of nitrogens with zero attached hydrogens (tertiary/aromatic N) is 5. The first-order valence-electron chi connectivity index (χ1n) is 13.4. The van der Waals surface area contributed by atoms with Gasteiger partial charge in [0.25, 0.3) is 0 Å². The third kappa shape index (κ3) is 5.66. The number of hydrogen-bond acceptors (Lipinski definition) is 8. The summed E-state index contributed by atoms with van der Waals surface area (Å²) in [5, 5.41) is 2.09. The topological polar surface area (TPSA) is 81.8 Å². The Bertz CT molecular complexity index is 1670. The fourth-order valence-electron chi connectivity index (χ4n) is 4.68. The first kappa shape index (κ1) is 26.3. The van der Waals surface area contributed by atoms with Crippen LogP contribution in [0.4, 0.5) is 5.82 Å². The third-order valence-electron chi connectivity index (χ3n) is 6.59. The molecule has 40 heavy (non-hydrogen) atoms. The van der Waals surface area contributed by atoms with Crippen LogP contribution in [0.1, 0.15) is 36.8 Å². The maximum Gasteiger partial charge on any atom is 0.338 e. The van der Waals surface area contributed by atoms with Crippen molar-refractivity contribution in [3.8, 4) is 11.3 Å². The summed E-state index contributed by atoms with van der Waals surface area (Å²) in [4.78, 5) is 29.4. The van der Waals surface area contributed by atoms with E-state index in [1.807, 2.05) is 57.3 Å². The quantitative estimate of drug-likeness (QED) is 0.186. The van der Waals surface area contributed by atoms with Gasteiger partial charge in [-0.1, -0.05) is 48.2 Å². The number of aromatic nitrogens is 4. The van der Waals surface area contributed by atoms with Crippen molar-refractivity contribution in [1.29, 1.82) is 0 Å². The minimum Gasteiger partial charge on any atom is -0.456 e. The van der Waals surface area contributed by atoms with Crippen molar-refractivity contribution in [1.82, 2.24) is 19.4 Å². The molecule has 9 heteroatoms. The highest BCUT2D eigenvalue weighted by Gasteiger charge is 2.21. The zero-order valence-electron chi connectivity index (χ0n) is 22.8. The minimum atomic E-state index is -0.547. The van der Waals surface area contributed by atoms with Crippen LogP contribution in [0.25, 0.3) is 27.8 Å². The Morgan fingerprint density at radius 3 is 2.55 bits per heavy atom. The highest BCUT2D eigenvalue weighted by molar-refractivity contribution is 7.98. The standard InChI is InChI=1S/C31H31N5O3S/c1-31(2,3)39-30(37)23-10-8-22(9-11-23)26-18-32-28(35-14-16-38-17-15-35)29-33-24(19-36(26)29)20-40-27-13-12-21-6-4-5-7-25(21)34-27/h4-13,18-19H,14-17,20H2,1-3H3. The second-order valence-corrected chi connectivity index (χ2v) is 11.7. The molecule has 1 saturated heterocycles. The molecule has 1 aliphatic heterocycles. The van der Waals surface area contributed by atoms with Crippen molar-refractivity contribution < 1.29 is 14.3 Å². The van der Waals surface area contributed by atoms with Crippen LogP contribution in [-0.4, -0.2) is 57.2 Å². The molecule has 0 radical (unpaired) electrons. The van der Waals surface area contributed by atoms with Crippen LogP contribution in [0.2, 0.25) is 0 Å². The van der Waals surface area contributed by atoms with Gasteiger partial charge in [0.05, 0.1) is 46.9 Å². The number of carbonyl (C=O) groups excluding carboxylic acids is 1. The SMILES string of the molecule is CC(C)(C)OC(=O)c1ccc(-c2cnc(N3CCOCC3)c3nc(CSc4ccc5ccccc5n4)cn23)cc1. The Hall–Kier alpha value is -3.95. The van der Waals surface area contributed by atoms with Crippen molar-refractivity contribution in [3.05, 3.63) is 84.3 Å². The highest BCUT2D eigenvalue weighted by atomic mass is 32.2. The van der Waals surface area contributed by atoms with Gasteiger partial charge < -0.3 is 14.4 Å². The molecule has 0 amide bonds. The average molecular weight is 554 g/mol. The van der Waals surface area contributed by atoms with Gasteiger partial charge in [-0.25, -0.2) is 19.7 Å². The van der Waals surface area contributed by atoms with Crippen molar-refractivity contribution in [3.63, 3.8) is 0 Å². The second kappa shape index (κ2) is 10.9. The fourth-order valence-corrected chi connectivity index (χ4v) is 5.45. The largest absolute Gasteiger partial charge is 0.456 e. The molecular formula is C31H31N5O3S. The van der Waals surface area contributed by atoms with Gasteiger partial charge >= 0.3 is 5.97 Å². The van der Waals surface area contributed by atoms with E-state index in [0.29, 0.717) is 24.5 Å². The Morgan fingerprint density at radius 2 is 1.77 bits per heavy atom. The van der Waals surface area contributed by atoms with Gasteiger partial charge in [-0.05, 0) is 45.0 Å². The molecule has 5 aromatic rings. The summed E-state index contributed by atoms with van der Waals surface area (Å²) in [5.74, 6) is 1.18. The number of rotatable bonds is 6. The Morgan fingerprint density at radius 1 is 1.00 bits per heavy atom. The molecule has 1 aliphatic rings. The summed E-state index contributed by atoms with van der Waals surface area (Å²) >= 11 is 1.66. The number of hydrogen-bond donors (Lipinski definition) is 0. The summed E-state index contributed by atoms with van der Waals surface area (Å²) in [6.07, 6.45) is 3.95. The number of morpholine rings is 1. The van der Waals surface area contributed by atoms with E-state index in [9.17, 15) is 4.79 Å². The molecule has 0 saturated carbocycles. The maximum absolute atomic E-state index is 12.5. The summed E-state index contributed by atoms with van der Waals surface area (Å²) in [5.41, 5.74) is 4.53. The van der Waals surface area contributed by atoms with Crippen molar-refractivity contribution in [2.24, 2.45) is 0 Å². The van der Waals surface area contributed by atoms with Crippen LogP contribution in [0, 0.1) is 0 Å². The monoisotopic (exact) mass is 553 g/mol. The lowest BCUT2D eigenvalue weighted by Gasteiger charge is -2.28. The zero-order chi connectivity index (χ0) is 27.7. The van der Waals surface area contributed by atoms with E-state index in [1.54, 1.807) is 23.9 Å². The molecule has 0 aliphatic carbocycles. The number of carbonyl (C=O) groups is 1. The minimum absolute atomic E-state index is 0.339. The summed E-state index contributed by atoms with van der Waals surface area (Å²) in [7, 11) is 0. The summed E-state index contributed by atoms with van der Waals surface area (Å²) < 4.78 is 13.2. The van der Waals surface area contributed by atoms with Gasteiger partial charge in [0, 0.05) is 36.0 Å². The van der Waals surface area contributed by atoms with Crippen LogP contribution in [0.15, 0.2) is 78.1 Å². The number of ether oxygens (including phenoxy) is 2. The molecule has 3 aromatic heterocycles. The molecule has 6 rings (SSSR count). The predicted molar refractivity (Wildman–Crippen MR) is 158 cm³/mol. The smallest absolute Gasteiger partial charge is 0.338 e. The van der Waals surface area contributed by atoms with Gasteiger partial charge in [0.15, 0.2) is 11.5 Å². The van der Waals surface area contributed by atoms with Gasteiger partial charge in [-0.3, -0.25) is 4.40 Å². The lowest BCUT2D eigenvalue weighted by Crippen LogP contribution is -2.37. The molecule has 0 atom stereocenters. The molecular weight excluding hydrogens is 522 g/mol. The first-order valence-corrected chi connectivity index (χ1v) is 14.3. The summed E-state index contributed by atoms with van der Waals surface area (Å²) in [6.45, 7) is 8.46. The predicted octanol–water partition coefficient (Wildman–Crippen LogP) is 6.03. The molecule has 2 aromatic carbocycles. The van der Waals surface area contributed by atoms with Gasteiger partial charge in [-0.15, -0.1) is 0 Å².